The van der Waals surface area contributed by atoms with E-state index in [0.29, 0.717) is 6.61 Å². The first kappa shape index (κ1) is 17.2. The fourth-order valence-corrected chi connectivity index (χ4v) is 2.13. The van der Waals surface area contributed by atoms with Gasteiger partial charge >= 0.3 is 0 Å². The van der Waals surface area contributed by atoms with Gasteiger partial charge in [0.2, 0.25) is 0 Å². The van der Waals surface area contributed by atoms with Gasteiger partial charge in [-0.1, -0.05) is 58.9 Å². The minimum absolute atomic E-state index is 0.0249. The van der Waals surface area contributed by atoms with Crippen LogP contribution in [-0.4, -0.2) is 13.2 Å². The second-order valence-corrected chi connectivity index (χ2v) is 7.09. The molecule has 0 radical (unpaired) electrons. The predicted molar refractivity (Wildman–Crippen MR) is 87.0 cm³/mol. The van der Waals surface area contributed by atoms with Gasteiger partial charge in [-0.15, -0.1) is 0 Å². The molecule has 0 saturated carbocycles. The van der Waals surface area contributed by atoms with Crippen molar-refractivity contribution >= 4 is 0 Å². The van der Waals surface area contributed by atoms with Gasteiger partial charge < -0.3 is 10.5 Å². The van der Waals surface area contributed by atoms with Crippen molar-refractivity contribution in [3.8, 4) is 0 Å². The lowest BCUT2D eigenvalue weighted by Crippen LogP contribution is -2.18. The normalized spacial score (nSPS) is 13.8. The van der Waals surface area contributed by atoms with Crippen LogP contribution in [0, 0.1) is 5.92 Å². The van der Waals surface area contributed by atoms with E-state index in [1.165, 1.54) is 12.0 Å². The SMILES string of the molecule is CC(C)CCCOCC(N)c1ccc(C(C)(C)C)cc1. The minimum atomic E-state index is -0.0249. The van der Waals surface area contributed by atoms with Crippen LogP contribution < -0.4 is 5.73 Å². The van der Waals surface area contributed by atoms with Gasteiger partial charge in [0.15, 0.2) is 0 Å². The molecule has 0 aliphatic heterocycles. The van der Waals surface area contributed by atoms with E-state index in [1.54, 1.807) is 0 Å². The monoisotopic (exact) mass is 277 g/mol. The Kier molecular flexibility index (Phi) is 6.70. The summed E-state index contributed by atoms with van der Waals surface area (Å²) in [7, 11) is 0. The molecule has 2 nitrogen and oxygen atoms in total. The summed E-state index contributed by atoms with van der Waals surface area (Å²) in [6.07, 6.45) is 2.34. The highest BCUT2D eigenvalue weighted by molar-refractivity contribution is 5.29. The zero-order valence-electron chi connectivity index (χ0n) is 13.8. The first-order valence-electron chi connectivity index (χ1n) is 7.74. The van der Waals surface area contributed by atoms with E-state index >= 15 is 0 Å². The molecule has 0 aliphatic carbocycles. The molecule has 1 aromatic carbocycles. The van der Waals surface area contributed by atoms with E-state index in [0.717, 1.165) is 24.5 Å². The standard InChI is InChI=1S/C18H31NO/c1-14(2)7-6-12-20-13-17(19)15-8-10-16(11-9-15)18(3,4)5/h8-11,14,17H,6-7,12-13,19H2,1-5H3. The molecule has 1 atom stereocenters. The van der Waals surface area contributed by atoms with Gasteiger partial charge in [0.05, 0.1) is 12.6 Å². The van der Waals surface area contributed by atoms with Crippen molar-refractivity contribution < 1.29 is 4.74 Å². The Bertz CT molecular complexity index is 375. The summed E-state index contributed by atoms with van der Waals surface area (Å²) in [6.45, 7) is 12.6. The molecule has 0 amide bonds. The highest BCUT2D eigenvalue weighted by Crippen LogP contribution is 2.23. The maximum Gasteiger partial charge on any atom is 0.0659 e. The van der Waals surface area contributed by atoms with Crippen molar-refractivity contribution in [2.45, 2.75) is 58.9 Å². The summed E-state index contributed by atoms with van der Waals surface area (Å²) in [5, 5.41) is 0. The van der Waals surface area contributed by atoms with Crippen LogP contribution in [0.25, 0.3) is 0 Å². The van der Waals surface area contributed by atoms with Crippen molar-refractivity contribution in [3.63, 3.8) is 0 Å². The average molecular weight is 277 g/mol. The Morgan fingerprint density at radius 2 is 1.70 bits per heavy atom. The Balaban J connectivity index is 2.38. The van der Waals surface area contributed by atoms with E-state index in [9.17, 15) is 0 Å². The molecule has 0 saturated heterocycles. The molecule has 0 fully saturated rings. The summed E-state index contributed by atoms with van der Waals surface area (Å²) < 4.78 is 5.67. The Morgan fingerprint density at radius 1 is 1.10 bits per heavy atom. The lowest BCUT2D eigenvalue weighted by Gasteiger charge is -2.20. The highest BCUT2D eigenvalue weighted by atomic mass is 16.5. The van der Waals surface area contributed by atoms with Crippen LogP contribution in [0.3, 0.4) is 0 Å². The summed E-state index contributed by atoms with van der Waals surface area (Å²) in [6, 6.07) is 8.58. The molecule has 1 unspecified atom stereocenters. The van der Waals surface area contributed by atoms with Crippen LogP contribution in [0.4, 0.5) is 0 Å². The number of nitrogens with two attached hydrogens (primary N) is 1. The molecule has 1 rings (SSSR count). The fraction of sp³-hybridized carbons (Fsp3) is 0.667. The van der Waals surface area contributed by atoms with Crippen molar-refractivity contribution in [1.29, 1.82) is 0 Å². The predicted octanol–water partition coefficient (Wildman–Crippen LogP) is 4.44. The number of ether oxygens (including phenoxy) is 1. The van der Waals surface area contributed by atoms with E-state index in [1.807, 2.05) is 0 Å². The Morgan fingerprint density at radius 3 is 2.20 bits per heavy atom. The van der Waals surface area contributed by atoms with Crippen molar-refractivity contribution in [1.82, 2.24) is 0 Å². The topological polar surface area (TPSA) is 35.2 Å². The summed E-state index contributed by atoms with van der Waals surface area (Å²) in [5.41, 5.74) is 8.86. The highest BCUT2D eigenvalue weighted by Gasteiger charge is 2.14. The zero-order chi connectivity index (χ0) is 15.2. The second kappa shape index (κ2) is 7.80. The molecule has 0 aliphatic rings. The molecular formula is C18H31NO. The van der Waals surface area contributed by atoms with Crippen LogP contribution in [0.1, 0.15) is 64.6 Å². The van der Waals surface area contributed by atoms with Crippen LogP contribution >= 0.6 is 0 Å². The van der Waals surface area contributed by atoms with E-state index in [-0.39, 0.29) is 11.5 Å². The Labute approximate surface area is 124 Å². The first-order valence-corrected chi connectivity index (χ1v) is 7.74. The lowest BCUT2D eigenvalue weighted by molar-refractivity contribution is 0.115. The van der Waals surface area contributed by atoms with Gasteiger partial charge in [0.25, 0.3) is 0 Å². The van der Waals surface area contributed by atoms with E-state index in [2.05, 4.69) is 58.9 Å². The molecule has 0 bridgehead atoms. The molecule has 0 aromatic heterocycles. The summed E-state index contributed by atoms with van der Waals surface area (Å²) in [4.78, 5) is 0. The Hall–Kier alpha value is -0.860. The quantitative estimate of drug-likeness (QED) is 0.748. The molecule has 114 valence electrons. The van der Waals surface area contributed by atoms with Crippen LogP contribution in [-0.2, 0) is 10.2 Å². The van der Waals surface area contributed by atoms with E-state index in [4.69, 9.17) is 10.5 Å². The van der Waals surface area contributed by atoms with Gasteiger partial charge in [0.1, 0.15) is 0 Å². The number of benzene rings is 1. The van der Waals surface area contributed by atoms with Gasteiger partial charge in [-0.3, -0.25) is 0 Å². The van der Waals surface area contributed by atoms with Gasteiger partial charge in [-0.05, 0) is 35.3 Å². The molecule has 2 N–H and O–H groups in total. The van der Waals surface area contributed by atoms with Crippen LogP contribution in [0.5, 0.6) is 0 Å². The molecule has 1 aromatic rings. The van der Waals surface area contributed by atoms with Crippen LogP contribution in [0.2, 0.25) is 0 Å². The molecule has 2 heteroatoms. The second-order valence-electron chi connectivity index (χ2n) is 7.09. The van der Waals surface area contributed by atoms with Crippen molar-refractivity contribution in [2.75, 3.05) is 13.2 Å². The third-order valence-corrected chi connectivity index (χ3v) is 3.57. The number of hydrogen-bond donors (Lipinski definition) is 1. The maximum atomic E-state index is 6.17. The minimum Gasteiger partial charge on any atom is -0.379 e. The summed E-state index contributed by atoms with van der Waals surface area (Å²) in [5.74, 6) is 0.747. The molecule has 0 spiro atoms. The fourth-order valence-electron chi connectivity index (χ4n) is 2.13. The molecule has 0 heterocycles. The zero-order valence-corrected chi connectivity index (χ0v) is 13.8. The third-order valence-electron chi connectivity index (χ3n) is 3.57. The van der Waals surface area contributed by atoms with Gasteiger partial charge in [0, 0.05) is 6.61 Å². The largest absolute Gasteiger partial charge is 0.379 e. The van der Waals surface area contributed by atoms with Crippen molar-refractivity contribution in [2.24, 2.45) is 11.7 Å². The maximum absolute atomic E-state index is 6.17. The number of hydrogen-bond acceptors (Lipinski definition) is 2. The molecular weight excluding hydrogens is 246 g/mol. The van der Waals surface area contributed by atoms with E-state index < -0.39 is 0 Å². The smallest absolute Gasteiger partial charge is 0.0659 e. The van der Waals surface area contributed by atoms with Crippen molar-refractivity contribution in [3.05, 3.63) is 35.4 Å². The molecule has 20 heavy (non-hydrogen) atoms. The lowest BCUT2D eigenvalue weighted by atomic mass is 9.86. The first-order chi connectivity index (χ1) is 9.30. The van der Waals surface area contributed by atoms with Gasteiger partial charge in [-0.2, -0.15) is 0 Å². The third kappa shape index (κ3) is 6.06. The van der Waals surface area contributed by atoms with Gasteiger partial charge in [-0.25, -0.2) is 0 Å². The van der Waals surface area contributed by atoms with Crippen LogP contribution in [0.15, 0.2) is 24.3 Å². The number of rotatable bonds is 7. The summed E-state index contributed by atoms with van der Waals surface area (Å²) >= 11 is 0. The average Bonchev–Trinajstić information content (AvgIpc) is 2.37.